The Morgan fingerprint density at radius 3 is 2.87 bits per heavy atom. The van der Waals surface area contributed by atoms with Gasteiger partial charge in [-0.1, -0.05) is 17.6 Å². The highest BCUT2D eigenvalue weighted by Gasteiger charge is 2.09. The number of carbonyl (C=O) groups excluding carboxylic acids is 1. The lowest BCUT2D eigenvalue weighted by molar-refractivity contribution is 0.144. The quantitative estimate of drug-likeness (QED) is 0.809. The van der Waals surface area contributed by atoms with E-state index in [1.165, 1.54) is 17.4 Å². The fraction of sp³-hybridized carbons (Fsp3) is 0.111. The van der Waals surface area contributed by atoms with Crippen LogP contribution >= 0.6 is 22.9 Å². The average molecular weight is 241 g/mol. The summed E-state index contributed by atoms with van der Waals surface area (Å²) >= 11 is 2.53. The van der Waals surface area contributed by atoms with E-state index in [0.717, 1.165) is 20.4 Å². The minimum atomic E-state index is -0.622. The fourth-order valence-electron chi connectivity index (χ4n) is 0.988. The Hall–Kier alpha value is -1.40. The molecular weight excluding hydrogens is 234 g/mol. The van der Waals surface area contributed by atoms with E-state index >= 15 is 0 Å². The minimum Gasteiger partial charge on any atom is -0.443 e. The second-order valence-corrected chi connectivity index (χ2v) is 4.56. The predicted molar refractivity (Wildman–Crippen MR) is 58.5 cm³/mol. The normalized spacial score (nSPS) is 10.1. The molecule has 78 valence electrons. The van der Waals surface area contributed by atoms with Gasteiger partial charge in [-0.2, -0.15) is 3.96 Å². The van der Waals surface area contributed by atoms with Crippen LogP contribution in [0.1, 0.15) is 4.88 Å². The number of aromatic nitrogens is 1. The van der Waals surface area contributed by atoms with Crippen LogP contribution in [0.25, 0.3) is 0 Å². The molecule has 0 amide bonds. The summed E-state index contributed by atoms with van der Waals surface area (Å²) in [6, 6.07) is 5.08. The van der Waals surface area contributed by atoms with Gasteiger partial charge in [-0.25, -0.2) is 4.79 Å². The van der Waals surface area contributed by atoms with Gasteiger partial charge in [-0.15, -0.1) is 11.3 Å². The van der Waals surface area contributed by atoms with Crippen molar-refractivity contribution in [1.82, 2.24) is 3.96 Å². The predicted octanol–water partition coefficient (Wildman–Crippen LogP) is 2.16. The van der Waals surface area contributed by atoms with Gasteiger partial charge in [-0.05, 0) is 11.4 Å². The molecule has 2 heterocycles. The summed E-state index contributed by atoms with van der Waals surface area (Å²) < 4.78 is 5.94. The second-order valence-electron chi connectivity index (χ2n) is 2.67. The van der Waals surface area contributed by atoms with Crippen molar-refractivity contribution in [3.8, 4) is 0 Å². The lowest BCUT2D eigenvalue weighted by Gasteiger charge is -2.01. The summed E-state index contributed by atoms with van der Waals surface area (Å²) in [6.45, 7) is 0.209. The number of nitrogens with zero attached hydrogens (tertiary/aromatic N) is 1. The Morgan fingerprint density at radius 1 is 1.40 bits per heavy atom. The van der Waals surface area contributed by atoms with E-state index in [2.05, 4.69) is 0 Å². The first-order chi connectivity index (χ1) is 7.27. The first-order valence-electron chi connectivity index (χ1n) is 4.14. The largest absolute Gasteiger partial charge is 0.443 e. The van der Waals surface area contributed by atoms with Crippen LogP contribution in [0.4, 0.5) is 4.79 Å². The third-order valence-electron chi connectivity index (χ3n) is 1.66. The highest BCUT2D eigenvalue weighted by molar-refractivity contribution is 7.09. The smallest absolute Gasteiger partial charge is 0.431 e. The zero-order valence-corrected chi connectivity index (χ0v) is 9.22. The number of carbonyl (C=O) groups is 1. The highest BCUT2D eigenvalue weighted by Crippen LogP contribution is 2.10. The molecule has 0 spiro atoms. The molecule has 0 saturated carbocycles. The van der Waals surface area contributed by atoms with Gasteiger partial charge < -0.3 is 4.74 Å². The fourth-order valence-corrected chi connectivity index (χ4v) is 2.21. The maximum atomic E-state index is 11.4. The molecule has 0 aliphatic heterocycles. The molecule has 15 heavy (non-hydrogen) atoms. The van der Waals surface area contributed by atoms with Crippen molar-refractivity contribution in [1.29, 1.82) is 0 Å². The second kappa shape index (κ2) is 4.41. The first kappa shape index (κ1) is 10.1. The minimum absolute atomic E-state index is 0.209. The molecule has 4 nitrogen and oxygen atoms in total. The molecule has 0 aliphatic rings. The number of hydrogen-bond acceptors (Lipinski definition) is 5. The third kappa shape index (κ3) is 2.34. The van der Waals surface area contributed by atoms with Gasteiger partial charge >= 0.3 is 6.09 Å². The Labute approximate surface area is 93.5 Å². The molecule has 0 bridgehead atoms. The zero-order valence-electron chi connectivity index (χ0n) is 7.58. The van der Waals surface area contributed by atoms with E-state index in [4.69, 9.17) is 4.74 Å². The number of ether oxygens (including phenoxy) is 1. The monoisotopic (exact) mass is 241 g/mol. The summed E-state index contributed by atoms with van der Waals surface area (Å²) in [5.74, 6) is 0. The maximum Gasteiger partial charge on any atom is 0.431 e. The molecule has 0 unspecified atom stereocenters. The van der Waals surface area contributed by atoms with Crippen molar-refractivity contribution in [2.75, 3.05) is 0 Å². The van der Waals surface area contributed by atoms with Crippen LogP contribution in [0.15, 0.2) is 33.8 Å². The molecule has 0 aromatic carbocycles. The molecule has 0 N–H and O–H groups in total. The molecule has 0 saturated heterocycles. The van der Waals surface area contributed by atoms with Crippen LogP contribution in [-0.2, 0) is 11.3 Å². The van der Waals surface area contributed by atoms with Gasteiger partial charge in [-0.3, -0.25) is 4.79 Å². The van der Waals surface area contributed by atoms with Crippen LogP contribution in [0, 0.1) is 0 Å². The Morgan fingerprint density at radius 2 is 2.27 bits per heavy atom. The Kier molecular flexibility index (Phi) is 2.98. The van der Waals surface area contributed by atoms with E-state index in [1.54, 1.807) is 5.38 Å². The summed E-state index contributed by atoms with van der Waals surface area (Å²) in [5, 5.41) is 3.45. The van der Waals surface area contributed by atoms with E-state index in [1.807, 2.05) is 17.5 Å². The molecular formula is C9H7NO3S2. The van der Waals surface area contributed by atoms with Crippen LogP contribution in [0.2, 0.25) is 0 Å². The Bertz CT molecular complexity index is 497. The van der Waals surface area contributed by atoms with Gasteiger partial charge in [0.2, 0.25) is 0 Å². The highest BCUT2D eigenvalue weighted by atomic mass is 32.1. The summed E-state index contributed by atoms with van der Waals surface area (Å²) in [6.07, 6.45) is -0.622. The first-order valence-corrected chi connectivity index (χ1v) is 5.85. The summed E-state index contributed by atoms with van der Waals surface area (Å²) in [5.41, 5.74) is -0.351. The summed E-state index contributed by atoms with van der Waals surface area (Å²) in [7, 11) is 0. The molecule has 0 aliphatic carbocycles. The zero-order chi connectivity index (χ0) is 10.7. The molecule has 6 heteroatoms. The molecule has 0 atom stereocenters. The van der Waals surface area contributed by atoms with Gasteiger partial charge in [0.15, 0.2) is 0 Å². The van der Waals surface area contributed by atoms with Crippen molar-refractivity contribution >= 4 is 29.0 Å². The van der Waals surface area contributed by atoms with E-state index in [0.29, 0.717) is 0 Å². The SMILES string of the molecule is O=C(OCc1cccs1)n1sccc1=O. The van der Waals surface area contributed by atoms with Crippen molar-refractivity contribution in [3.63, 3.8) is 0 Å². The standard InChI is InChI=1S/C9H7NO3S2/c11-8-3-5-15-10(8)9(12)13-6-7-2-1-4-14-7/h1-5H,6H2. The van der Waals surface area contributed by atoms with E-state index in [-0.39, 0.29) is 12.2 Å². The average Bonchev–Trinajstić information content (AvgIpc) is 2.84. The van der Waals surface area contributed by atoms with Crippen molar-refractivity contribution in [3.05, 3.63) is 44.2 Å². The topological polar surface area (TPSA) is 48.3 Å². The number of thiophene rings is 1. The van der Waals surface area contributed by atoms with Crippen molar-refractivity contribution < 1.29 is 9.53 Å². The van der Waals surface area contributed by atoms with E-state index < -0.39 is 6.09 Å². The van der Waals surface area contributed by atoms with Crippen LogP contribution in [0.5, 0.6) is 0 Å². The van der Waals surface area contributed by atoms with Gasteiger partial charge in [0.25, 0.3) is 5.56 Å². The number of rotatable bonds is 2. The molecule has 0 radical (unpaired) electrons. The Balaban J connectivity index is 1.99. The lowest BCUT2D eigenvalue weighted by Crippen LogP contribution is -2.21. The van der Waals surface area contributed by atoms with Crippen LogP contribution in [-0.4, -0.2) is 10.0 Å². The van der Waals surface area contributed by atoms with E-state index in [9.17, 15) is 9.59 Å². The maximum absolute atomic E-state index is 11.4. The van der Waals surface area contributed by atoms with Gasteiger partial charge in [0, 0.05) is 16.3 Å². The van der Waals surface area contributed by atoms with Crippen molar-refractivity contribution in [2.45, 2.75) is 6.61 Å². The van der Waals surface area contributed by atoms with Crippen LogP contribution in [0.3, 0.4) is 0 Å². The van der Waals surface area contributed by atoms with Crippen LogP contribution < -0.4 is 5.56 Å². The molecule has 2 rings (SSSR count). The summed E-state index contributed by atoms with van der Waals surface area (Å²) in [4.78, 5) is 23.4. The molecule has 2 aromatic rings. The van der Waals surface area contributed by atoms with Gasteiger partial charge in [0.1, 0.15) is 6.61 Å². The molecule has 2 aromatic heterocycles. The van der Waals surface area contributed by atoms with Crippen molar-refractivity contribution in [2.24, 2.45) is 0 Å². The van der Waals surface area contributed by atoms with Gasteiger partial charge in [0.05, 0.1) is 0 Å². The lowest BCUT2D eigenvalue weighted by atomic mass is 10.5. The number of hydrogen-bond donors (Lipinski definition) is 0. The molecule has 0 fully saturated rings. The third-order valence-corrected chi connectivity index (χ3v) is 3.31.